The Morgan fingerprint density at radius 2 is 2.12 bits per heavy atom. The topological polar surface area (TPSA) is 39.1 Å². The molecule has 17 heavy (non-hydrogen) atoms. The first-order chi connectivity index (χ1) is 8.04. The van der Waals surface area contributed by atoms with Gasteiger partial charge in [0.1, 0.15) is 0 Å². The van der Waals surface area contributed by atoms with Gasteiger partial charge in [0.25, 0.3) is 0 Å². The SMILES string of the molecule is CC(C)NC(C#N)CCN1CCCC(C)C1C. The van der Waals surface area contributed by atoms with Crippen LogP contribution in [0.15, 0.2) is 0 Å². The minimum Gasteiger partial charge on any atom is -0.300 e. The van der Waals surface area contributed by atoms with Gasteiger partial charge in [0, 0.05) is 18.6 Å². The monoisotopic (exact) mass is 237 g/mol. The van der Waals surface area contributed by atoms with Gasteiger partial charge in [0.15, 0.2) is 0 Å². The fourth-order valence-electron chi connectivity index (χ4n) is 2.62. The summed E-state index contributed by atoms with van der Waals surface area (Å²) in [7, 11) is 0. The normalized spacial score (nSPS) is 28.0. The molecule has 0 radical (unpaired) electrons. The van der Waals surface area contributed by atoms with Crippen molar-refractivity contribution in [2.45, 2.75) is 65.1 Å². The standard InChI is InChI=1S/C14H27N3/c1-11(2)16-14(10-15)7-9-17-8-5-6-12(3)13(17)4/h11-14,16H,5-9H2,1-4H3. The smallest absolute Gasteiger partial charge is 0.0967 e. The van der Waals surface area contributed by atoms with Gasteiger partial charge in [-0.1, -0.05) is 6.92 Å². The van der Waals surface area contributed by atoms with Gasteiger partial charge in [-0.15, -0.1) is 0 Å². The van der Waals surface area contributed by atoms with Gasteiger partial charge in [-0.2, -0.15) is 5.26 Å². The second-order valence-electron chi connectivity index (χ2n) is 5.69. The van der Waals surface area contributed by atoms with Crippen LogP contribution in [0.25, 0.3) is 0 Å². The Morgan fingerprint density at radius 1 is 1.41 bits per heavy atom. The van der Waals surface area contributed by atoms with Crippen molar-refractivity contribution in [2.75, 3.05) is 13.1 Å². The Balaban J connectivity index is 2.35. The molecule has 0 aromatic rings. The Kier molecular flexibility index (Phi) is 5.94. The predicted molar refractivity (Wildman–Crippen MR) is 71.7 cm³/mol. The third-order valence-corrected chi connectivity index (χ3v) is 3.90. The summed E-state index contributed by atoms with van der Waals surface area (Å²) in [6.07, 6.45) is 3.59. The molecule has 0 saturated carbocycles. The van der Waals surface area contributed by atoms with Crippen LogP contribution in [-0.4, -0.2) is 36.1 Å². The van der Waals surface area contributed by atoms with Crippen LogP contribution in [0.5, 0.6) is 0 Å². The molecule has 3 heteroatoms. The molecular formula is C14H27N3. The molecule has 0 aromatic heterocycles. The molecule has 3 atom stereocenters. The average molecular weight is 237 g/mol. The second kappa shape index (κ2) is 6.98. The lowest BCUT2D eigenvalue weighted by Gasteiger charge is -2.38. The summed E-state index contributed by atoms with van der Waals surface area (Å²) < 4.78 is 0. The highest BCUT2D eigenvalue weighted by Crippen LogP contribution is 2.22. The third-order valence-electron chi connectivity index (χ3n) is 3.90. The molecule has 1 N–H and O–H groups in total. The van der Waals surface area contributed by atoms with E-state index >= 15 is 0 Å². The number of nitriles is 1. The maximum Gasteiger partial charge on any atom is 0.0967 e. The van der Waals surface area contributed by atoms with Crippen molar-refractivity contribution in [3.8, 4) is 6.07 Å². The van der Waals surface area contributed by atoms with Gasteiger partial charge in [0.2, 0.25) is 0 Å². The Morgan fingerprint density at radius 3 is 2.71 bits per heavy atom. The molecule has 3 unspecified atom stereocenters. The maximum atomic E-state index is 9.09. The molecule has 1 saturated heterocycles. The molecule has 1 heterocycles. The van der Waals surface area contributed by atoms with Crippen LogP contribution in [0.1, 0.15) is 47.0 Å². The summed E-state index contributed by atoms with van der Waals surface area (Å²) in [6.45, 7) is 11.1. The number of hydrogen-bond acceptors (Lipinski definition) is 3. The van der Waals surface area contributed by atoms with Gasteiger partial charge in [0.05, 0.1) is 12.1 Å². The quantitative estimate of drug-likeness (QED) is 0.798. The minimum absolute atomic E-state index is 0.000525. The fourth-order valence-corrected chi connectivity index (χ4v) is 2.62. The van der Waals surface area contributed by atoms with Crippen LogP contribution in [0.3, 0.4) is 0 Å². The molecule has 98 valence electrons. The third kappa shape index (κ3) is 4.65. The molecule has 0 bridgehead atoms. The van der Waals surface area contributed by atoms with Crippen LogP contribution >= 0.6 is 0 Å². The first-order valence-corrected chi connectivity index (χ1v) is 6.94. The van der Waals surface area contributed by atoms with Crippen LogP contribution in [0.4, 0.5) is 0 Å². The van der Waals surface area contributed by atoms with E-state index in [1.807, 2.05) is 0 Å². The number of piperidine rings is 1. The molecule has 1 fully saturated rings. The van der Waals surface area contributed by atoms with Crippen molar-refractivity contribution in [2.24, 2.45) is 5.92 Å². The minimum atomic E-state index is -0.000525. The Labute approximate surface area is 106 Å². The van der Waals surface area contributed by atoms with Crippen molar-refractivity contribution < 1.29 is 0 Å². The molecule has 1 aliphatic heterocycles. The highest BCUT2D eigenvalue weighted by Gasteiger charge is 2.24. The zero-order chi connectivity index (χ0) is 12.8. The van der Waals surface area contributed by atoms with Crippen LogP contribution < -0.4 is 5.32 Å². The summed E-state index contributed by atoms with van der Waals surface area (Å²) in [5.41, 5.74) is 0. The van der Waals surface area contributed by atoms with E-state index in [0.717, 1.165) is 18.9 Å². The first kappa shape index (κ1) is 14.5. The van der Waals surface area contributed by atoms with E-state index in [-0.39, 0.29) is 6.04 Å². The first-order valence-electron chi connectivity index (χ1n) is 6.94. The summed E-state index contributed by atoms with van der Waals surface area (Å²) in [6, 6.07) is 3.42. The van der Waals surface area contributed by atoms with Gasteiger partial charge in [-0.25, -0.2) is 0 Å². The molecular weight excluding hydrogens is 210 g/mol. The van der Waals surface area contributed by atoms with E-state index in [0.29, 0.717) is 12.1 Å². The Bertz CT molecular complexity index is 257. The van der Waals surface area contributed by atoms with Crippen LogP contribution in [0.2, 0.25) is 0 Å². The predicted octanol–water partition coefficient (Wildman–Crippen LogP) is 2.39. The van der Waals surface area contributed by atoms with Crippen molar-refractivity contribution in [1.29, 1.82) is 5.26 Å². The lowest BCUT2D eigenvalue weighted by molar-refractivity contribution is 0.110. The molecule has 0 spiro atoms. The Hall–Kier alpha value is -0.590. The molecule has 0 amide bonds. The van der Waals surface area contributed by atoms with Crippen molar-refractivity contribution in [1.82, 2.24) is 10.2 Å². The zero-order valence-electron chi connectivity index (χ0n) is 11.7. The number of nitrogens with zero attached hydrogens (tertiary/aromatic N) is 2. The number of likely N-dealkylation sites (tertiary alicyclic amines) is 1. The molecule has 0 aliphatic carbocycles. The fraction of sp³-hybridized carbons (Fsp3) is 0.929. The van der Waals surface area contributed by atoms with E-state index in [2.05, 4.69) is 44.0 Å². The van der Waals surface area contributed by atoms with Crippen molar-refractivity contribution in [3.63, 3.8) is 0 Å². The van der Waals surface area contributed by atoms with E-state index in [4.69, 9.17) is 5.26 Å². The second-order valence-corrected chi connectivity index (χ2v) is 5.69. The van der Waals surface area contributed by atoms with Gasteiger partial charge >= 0.3 is 0 Å². The van der Waals surface area contributed by atoms with Crippen molar-refractivity contribution in [3.05, 3.63) is 0 Å². The van der Waals surface area contributed by atoms with Gasteiger partial charge < -0.3 is 4.90 Å². The maximum absolute atomic E-state index is 9.09. The van der Waals surface area contributed by atoms with E-state index < -0.39 is 0 Å². The summed E-state index contributed by atoms with van der Waals surface area (Å²) in [4.78, 5) is 2.54. The van der Waals surface area contributed by atoms with Crippen LogP contribution in [-0.2, 0) is 0 Å². The molecule has 1 rings (SSSR count). The van der Waals surface area contributed by atoms with Crippen LogP contribution in [0, 0.1) is 17.2 Å². The molecule has 3 nitrogen and oxygen atoms in total. The lowest BCUT2D eigenvalue weighted by atomic mass is 9.92. The summed E-state index contributed by atoms with van der Waals surface area (Å²) >= 11 is 0. The van der Waals surface area contributed by atoms with Gasteiger partial charge in [-0.05, 0) is 52.5 Å². The number of rotatable bonds is 5. The number of hydrogen-bond donors (Lipinski definition) is 1. The van der Waals surface area contributed by atoms with E-state index in [1.165, 1.54) is 19.4 Å². The highest BCUT2D eigenvalue weighted by molar-refractivity contribution is 4.92. The van der Waals surface area contributed by atoms with Gasteiger partial charge in [-0.3, -0.25) is 5.32 Å². The highest BCUT2D eigenvalue weighted by atomic mass is 15.2. The zero-order valence-corrected chi connectivity index (χ0v) is 11.7. The van der Waals surface area contributed by atoms with E-state index in [1.54, 1.807) is 0 Å². The summed E-state index contributed by atoms with van der Waals surface area (Å²) in [5, 5.41) is 12.4. The molecule has 0 aromatic carbocycles. The number of nitrogens with one attached hydrogen (secondary N) is 1. The van der Waals surface area contributed by atoms with Crippen molar-refractivity contribution >= 4 is 0 Å². The average Bonchev–Trinajstić information content (AvgIpc) is 2.28. The molecule has 1 aliphatic rings. The summed E-state index contributed by atoms with van der Waals surface area (Å²) in [5.74, 6) is 0.794. The largest absolute Gasteiger partial charge is 0.300 e. The van der Waals surface area contributed by atoms with E-state index in [9.17, 15) is 0 Å². The lowest BCUT2D eigenvalue weighted by Crippen LogP contribution is -2.45.